The van der Waals surface area contributed by atoms with Crippen molar-refractivity contribution in [2.75, 3.05) is 0 Å². The lowest BCUT2D eigenvalue weighted by Crippen LogP contribution is -2.20. The second kappa shape index (κ2) is 7.78. The van der Waals surface area contributed by atoms with Crippen LogP contribution in [0.3, 0.4) is 0 Å². The highest BCUT2D eigenvalue weighted by Crippen LogP contribution is 2.27. The SMILES string of the molecule is Cc1ccc(CC(=O)N/N=C/c2c(C)n(C(C)C)c3ccccc23)c(C)c1. The van der Waals surface area contributed by atoms with E-state index in [0.29, 0.717) is 12.5 Å². The van der Waals surface area contributed by atoms with Gasteiger partial charge in [0.15, 0.2) is 0 Å². The number of carbonyl (C=O) groups is 1. The van der Waals surface area contributed by atoms with Crippen molar-refractivity contribution in [3.05, 3.63) is 70.4 Å². The Morgan fingerprint density at radius 2 is 1.89 bits per heavy atom. The second-order valence-electron chi connectivity index (χ2n) is 7.38. The molecular weight excluding hydrogens is 334 g/mol. The van der Waals surface area contributed by atoms with E-state index in [0.717, 1.165) is 27.8 Å². The number of rotatable bonds is 5. The lowest BCUT2D eigenvalue weighted by atomic mass is 10.0. The van der Waals surface area contributed by atoms with Crippen LogP contribution in [0, 0.1) is 20.8 Å². The minimum Gasteiger partial charge on any atom is -0.342 e. The fourth-order valence-electron chi connectivity index (χ4n) is 3.67. The summed E-state index contributed by atoms with van der Waals surface area (Å²) in [6.07, 6.45) is 2.09. The van der Waals surface area contributed by atoms with Gasteiger partial charge in [-0.25, -0.2) is 5.43 Å². The Labute approximate surface area is 160 Å². The van der Waals surface area contributed by atoms with E-state index in [4.69, 9.17) is 0 Å². The van der Waals surface area contributed by atoms with Crippen molar-refractivity contribution in [2.45, 2.75) is 47.1 Å². The maximum Gasteiger partial charge on any atom is 0.244 e. The molecule has 1 amide bonds. The number of hydrogen-bond acceptors (Lipinski definition) is 2. The van der Waals surface area contributed by atoms with Crippen LogP contribution in [0.15, 0.2) is 47.6 Å². The molecule has 0 spiro atoms. The highest BCUT2D eigenvalue weighted by Gasteiger charge is 2.14. The van der Waals surface area contributed by atoms with Gasteiger partial charge in [-0.05, 0) is 51.8 Å². The van der Waals surface area contributed by atoms with Crippen LogP contribution in [0.5, 0.6) is 0 Å². The molecule has 2 aromatic carbocycles. The number of hydrogen-bond donors (Lipinski definition) is 1. The van der Waals surface area contributed by atoms with Crippen molar-refractivity contribution in [2.24, 2.45) is 5.10 Å². The molecular formula is C23H27N3O. The summed E-state index contributed by atoms with van der Waals surface area (Å²) in [4.78, 5) is 12.3. The quantitative estimate of drug-likeness (QED) is 0.513. The highest BCUT2D eigenvalue weighted by molar-refractivity contribution is 6.01. The van der Waals surface area contributed by atoms with E-state index in [1.54, 1.807) is 6.21 Å². The Bertz CT molecular complexity index is 1010. The van der Waals surface area contributed by atoms with Gasteiger partial charge in [-0.1, -0.05) is 42.0 Å². The van der Waals surface area contributed by atoms with Crippen LogP contribution in [0.4, 0.5) is 0 Å². The summed E-state index contributed by atoms with van der Waals surface area (Å²) in [5.41, 5.74) is 9.42. The number of amides is 1. The molecule has 1 aromatic heterocycles. The second-order valence-corrected chi connectivity index (χ2v) is 7.38. The molecule has 0 bridgehead atoms. The van der Waals surface area contributed by atoms with E-state index in [1.165, 1.54) is 11.1 Å². The van der Waals surface area contributed by atoms with Crippen LogP contribution in [0.2, 0.25) is 0 Å². The monoisotopic (exact) mass is 361 g/mol. The Balaban J connectivity index is 1.78. The van der Waals surface area contributed by atoms with Gasteiger partial charge < -0.3 is 4.57 Å². The molecule has 0 saturated heterocycles. The molecule has 0 aliphatic rings. The molecule has 0 fully saturated rings. The van der Waals surface area contributed by atoms with Gasteiger partial charge in [0.05, 0.1) is 12.6 Å². The lowest BCUT2D eigenvalue weighted by Gasteiger charge is -2.12. The van der Waals surface area contributed by atoms with Gasteiger partial charge in [-0.3, -0.25) is 4.79 Å². The van der Waals surface area contributed by atoms with Crippen molar-refractivity contribution in [3.8, 4) is 0 Å². The molecule has 0 aliphatic carbocycles. The Morgan fingerprint density at radius 1 is 1.15 bits per heavy atom. The first kappa shape index (κ1) is 18.9. The van der Waals surface area contributed by atoms with Gasteiger partial charge in [0.2, 0.25) is 5.91 Å². The minimum absolute atomic E-state index is 0.108. The normalized spacial score (nSPS) is 11.6. The van der Waals surface area contributed by atoms with Crippen molar-refractivity contribution >= 4 is 23.0 Å². The van der Waals surface area contributed by atoms with E-state index < -0.39 is 0 Å². The summed E-state index contributed by atoms with van der Waals surface area (Å²) in [7, 11) is 0. The fourth-order valence-corrected chi connectivity index (χ4v) is 3.67. The third-order valence-electron chi connectivity index (χ3n) is 4.95. The molecule has 0 radical (unpaired) electrons. The first-order chi connectivity index (χ1) is 12.9. The van der Waals surface area contributed by atoms with Gasteiger partial charge in [0.1, 0.15) is 0 Å². The van der Waals surface area contributed by atoms with Crippen molar-refractivity contribution in [1.29, 1.82) is 0 Å². The summed E-state index contributed by atoms with van der Waals surface area (Å²) >= 11 is 0. The van der Waals surface area contributed by atoms with Crippen LogP contribution in [-0.2, 0) is 11.2 Å². The number of para-hydroxylation sites is 1. The van der Waals surface area contributed by atoms with E-state index in [1.807, 2.05) is 31.2 Å². The summed E-state index contributed by atoms with van der Waals surface area (Å²) in [6.45, 7) is 10.5. The van der Waals surface area contributed by atoms with E-state index in [2.05, 4.69) is 61.0 Å². The van der Waals surface area contributed by atoms with Crippen LogP contribution < -0.4 is 5.43 Å². The zero-order valence-corrected chi connectivity index (χ0v) is 16.7. The molecule has 3 rings (SSSR count). The largest absolute Gasteiger partial charge is 0.342 e. The summed E-state index contributed by atoms with van der Waals surface area (Å²) in [5, 5.41) is 5.38. The molecule has 27 heavy (non-hydrogen) atoms. The summed E-state index contributed by atoms with van der Waals surface area (Å²) < 4.78 is 2.30. The molecule has 140 valence electrons. The lowest BCUT2D eigenvalue weighted by molar-refractivity contribution is -0.120. The summed E-state index contributed by atoms with van der Waals surface area (Å²) in [5.74, 6) is -0.108. The molecule has 0 saturated carbocycles. The van der Waals surface area contributed by atoms with E-state index in [9.17, 15) is 4.79 Å². The number of aromatic nitrogens is 1. The van der Waals surface area contributed by atoms with Crippen molar-refractivity contribution < 1.29 is 4.79 Å². The number of benzene rings is 2. The minimum atomic E-state index is -0.108. The third-order valence-corrected chi connectivity index (χ3v) is 4.95. The van der Waals surface area contributed by atoms with E-state index in [-0.39, 0.29) is 5.91 Å². The van der Waals surface area contributed by atoms with Gasteiger partial charge in [0.25, 0.3) is 0 Å². The Hall–Kier alpha value is -2.88. The van der Waals surface area contributed by atoms with Gasteiger partial charge in [-0.15, -0.1) is 0 Å². The molecule has 0 atom stereocenters. The molecule has 1 N–H and O–H groups in total. The molecule has 3 aromatic rings. The van der Waals surface area contributed by atoms with Crippen molar-refractivity contribution in [1.82, 2.24) is 9.99 Å². The average molecular weight is 361 g/mol. The van der Waals surface area contributed by atoms with Crippen LogP contribution >= 0.6 is 0 Å². The predicted octanol–water partition coefficient (Wildman–Crippen LogP) is 4.84. The number of aryl methyl sites for hydroxylation is 2. The Kier molecular flexibility index (Phi) is 5.45. The highest BCUT2D eigenvalue weighted by atomic mass is 16.2. The average Bonchev–Trinajstić information content (AvgIpc) is 2.89. The fraction of sp³-hybridized carbons (Fsp3) is 0.304. The van der Waals surface area contributed by atoms with Crippen LogP contribution in [0.25, 0.3) is 10.9 Å². The van der Waals surface area contributed by atoms with Crippen LogP contribution in [-0.4, -0.2) is 16.7 Å². The smallest absolute Gasteiger partial charge is 0.244 e. The van der Waals surface area contributed by atoms with Gasteiger partial charge in [-0.2, -0.15) is 5.10 Å². The number of carbonyl (C=O) groups excluding carboxylic acids is 1. The molecule has 0 aliphatic heterocycles. The third kappa shape index (κ3) is 3.95. The standard InChI is InChI=1S/C23H27N3O/c1-15(2)26-18(5)21(20-8-6-7-9-22(20)26)14-24-25-23(27)13-19-11-10-16(3)12-17(19)4/h6-12,14-15H,13H2,1-5H3,(H,25,27)/b24-14+. The maximum atomic E-state index is 12.3. The zero-order chi connectivity index (χ0) is 19.6. The number of nitrogens with one attached hydrogen (secondary N) is 1. The molecule has 4 heteroatoms. The van der Waals surface area contributed by atoms with Gasteiger partial charge >= 0.3 is 0 Å². The predicted molar refractivity (Wildman–Crippen MR) is 112 cm³/mol. The van der Waals surface area contributed by atoms with E-state index >= 15 is 0 Å². The van der Waals surface area contributed by atoms with Crippen molar-refractivity contribution in [3.63, 3.8) is 0 Å². The van der Waals surface area contributed by atoms with Gasteiger partial charge in [0, 0.05) is 28.2 Å². The Morgan fingerprint density at radius 3 is 2.59 bits per heavy atom. The van der Waals surface area contributed by atoms with Crippen LogP contribution in [0.1, 0.15) is 47.8 Å². The number of hydrazone groups is 1. The molecule has 4 nitrogen and oxygen atoms in total. The number of nitrogens with zero attached hydrogens (tertiary/aromatic N) is 2. The summed E-state index contributed by atoms with van der Waals surface area (Å²) in [6, 6.07) is 14.8. The first-order valence-electron chi connectivity index (χ1n) is 9.36. The molecule has 0 unspecified atom stereocenters. The first-order valence-corrected chi connectivity index (χ1v) is 9.36. The zero-order valence-electron chi connectivity index (χ0n) is 16.7. The maximum absolute atomic E-state index is 12.3. The topological polar surface area (TPSA) is 46.4 Å². The molecule has 1 heterocycles. The number of fused-ring (bicyclic) bond motifs is 1.